The topological polar surface area (TPSA) is 62.2 Å². The number of hydrogen-bond donors (Lipinski definition) is 2. The quantitative estimate of drug-likeness (QED) is 0.803. The molecule has 0 spiro atoms. The molecule has 1 aromatic carbocycles. The first kappa shape index (κ1) is 13.9. The van der Waals surface area contributed by atoms with E-state index in [2.05, 4.69) is 10.3 Å². The molecule has 3 rings (SSSR count). The van der Waals surface area contributed by atoms with Gasteiger partial charge in [-0.25, -0.2) is 4.98 Å². The van der Waals surface area contributed by atoms with E-state index in [4.69, 9.17) is 0 Å². The van der Waals surface area contributed by atoms with E-state index in [9.17, 15) is 9.90 Å². The maximum Gasteiger partial charge on any atom is 0.324 e. The molecule has 1 fully saturated rings. The summed E-state index contributed by atoms with van der Waals surface area (Å²) in [6.07, 6.45) is 2.16. The number of nitrogens with one attached hydrogen (secondary N) is 1. The number of carboxylic acid groups (broad SMARTS) is 1. The molecule has 4 nitrogen and oxygen atoms in total. The van der Waals surface area contributed by atoms with Crippen molar-refractivity contribution < 1.29 is 9.90 Å². The Morgan fingerprint density at radius 2 is 2.30 bits per heavy atom. The summed E-state index contributed by atoms with van der Waals surface area (Å²) in [5, 5.41) is 12.7. The SMILES string of the molecule is CC(CSc1nc2ccccc2s1)(NC1CC1)C(=O)O. The Kier molecular flexibility index (Phi) is 3.70. The predicted molar refractivity (Wildman–Crippen MR) is 82.5 cm³/mol. The third-order valence-corrected chi connectivity index (χ3v) is 5.83. The third kappa shape index (κ3) is 2.97. The van der Waals surface area contributed by atoms with Crippen molar-refractivity contribution in [3.8, 4) is 0 Å². The summed E-state index contributed by atoms with van der Waals surface area (Å²) in [5.41, 5.74) is 0.0936. The molecule has 1 atom stereocenters. The minimum absolute atomic E-state index is 0.368. The third-order valence-electron chi connectivity index (χ3n) is 3.33. The number of aliphatic carboxylic acids is 1. The van der Waals surface area contributed by atoms with Crippen LogP contribution in [0.15, 0.2) is 28.6 Å². The number of nitrogens with zero attached hydrogens (tertiary/aromatic N) is 1. The van der Waals surface area contributed by atoms with E-state index < -0.39 is 11.5 Å². The molecule has 1 aliphatic rings. The van der Waals surface area contributed by atoms with Crippen LogP contribution < -0.4 is 5.32 Å². The molecule has 2 aromatic rings. The number of aromatic nitrogens is 1. The van der Waals surface area contributed by atoms with Crippen LogP contribution in [-0.2, 0) is 4.79 Å². The first-order valence-corrected chi connectivity index (χ1v) is 8.36. The molecular formula is C14H16N2O2S2. The number of para-hydroxylation sites is 1. The fourth-order valence-electron chi connectivity index (χ4n) is 1.96. The van der Waals surface area contributed by atoms with Crippen molar-refractivity contribution in [1.29, 1.82) is 0 Å². The van der Waals surface area contributed by atoms with Crippen LogP contribution in [0.3, 0.4) is 0 Å². The number of carboxylic acids is 1. The zero-order chi connectivity index (χ0) is 14.2. The Morgan fingerprint density at radius 1 is 1.55 bits per heavy atom. The van der Waals surface area contributed by atoms with Gasteiger partial charge >= 0.3 is 5.97 Å². The molecule has 1 saturated carbocycles. The lowest BCUT2D eigenvalue weighted by atomic mass is 10.1. The van der Waals surface area contributed by atoms with Gasteiger partial charge in [0.1, 0.15) is 5.54 Å². The summed E-state index contributed by atoms with van der Waals surface area (Å²) >= 11 is 3.13. The van der Waals surface area contributed by atoms with E-state index in [0.717, 1.165) is 27.4 Å². The number of hydrogen-bond acceptors (Lipinski definition) is 5. The van der Waals surface area contributed by atoms with Crippen LogP contribution >= 0.6 is 23.1 Å². The van der Waals surface area contributed by atoms with Gasteiger partial charge in [-0.05, 0) is 31.9 Å². The summed E-state index contributed by atoms with van der Waals surface area (Å²) in [5.74, 6) is -0.309. The molecule has 0 saturated heterocycles. The van der Waals surface area contributed by atoms with Gasteiger partial charge in [0.15, 0.2) is 4.34 Å². The first-order valence-electron chi connectivity index (χ1n) is 6.56. The highest BCUT2D eigenvalue weighted by Crippen LogP contribution is 2.32. The second kappa shape index (κ2) is 5.35. The zero-order valence-electron chi connectivity index (χ0n) is 11.1. The van der Waals surface area contributed by atoms with Crippen LogP contribution in [0.5, 0.6) is 0 Å². The normalized spacial score (nSPS) is 18.1. The van der Waals surface area contributed by atoms with Gasteiger partial charge in [-0.15, -0.1) is 11.3 Å². The summed E-state index contributed by atoms with van der Waals surface area (Å²) in [7, 11) is 0. The summed E-state index contributed by atoms with van der Waals surface area (Å²) in [4.78, 5) is 16.0. The number of thiazole rings is 1. The van der Waals surface area contributed by atoms with Crippen molar-refractivity contribution >= 4 is 39.3 Å². The van der Waals surface area contributed by atoms with Crippen molar-refractivity contribution in [3.05, 3.63) is 24.3 Å². The van der Waals surface area contributed by atoms with E-state index in [0.29, 0.717) is 11.8 Å². The molecule has 0 radical (unpaired) electrons. The maximum absolute atomic E-state index is 11.5. The summed E-state index contributed by atoms with van der Waals surface area (Å²) < 4.78 is 2.07. The van der Waals surface area contributed by atoms with Gasteiger partial charge in [0.05, 0.1) is 10.2 Å². The van der Waals surface area contributed by atoms with Gasteiger partial charge in [-0.1, -0.05) is 23.9 Å². The molecule has 106 valence electrons. The molecule has 2 N–H and O–H groups in total. The molecule has 1 heterocycles. The lowest BCUT2D eigenvalue weighted by Gasteiger charge is -2.25. The molecule has 0 bridgehead atoms. The standard InChI is InChI=1S/C14H16N2O2S2/c1-14(12(17)18,16-9-6-7-9)8-19-13-15-10-4-2-3-5-11(10)20-13/h2-5,9,16H,6-8H2,1H3,(H,17,18). The van der Waals surface area contributed by atoms with Gasteiger partial charge in [-0.3, -0.25) is 10.1 Å². The Balaban J connectivity index is 1.71. The van der Waals surface area contributed by atoms with Crippen molar-refractivity contribution in [2.75, 3.05) is 5.75 Å². The van der Waals surface area contributed by atoms with E-state index in [1.807, 2.05) is 24.3 Å². The largest absolute Gasteiger partial charge is 0.480 e. The van der Waals surface area contributed by atoms with Gasteiger partial charge in [0, 0.05) is 11.8 Å². The molecule has 1 unspecified atom stereocenters. The minimum Gasteiger partial charge on any atom is -0.480 e. The van der Waals surface area contributed by atoms with E-state index in [-0.39, 0.29) is 0 Å². The van der Waals surface area contributed by atoms with Crippen LogP contribution in [0, 0.1) is 0 Å². The van der Waals surface area contributed by atoms with Gasteiger partial charge < -0.3 is 5.11 Å². The van der Waals surface area contributed by atoms with Crippen LogP contribution in [-0.4, -0.2) is 33.4 Å². The number of carbonyl (C=O) groups is 1. The Hall–Kier alpha value is -1.11. The first-order chi connectivity index (χ1) is 9.57. The number of benzene rings is 1. The van der Waals surface area contributed by atoms with Crippen LogP contribution in [0.1, 0.15) is 19.8 Å². The summed E-state index contributed by atoms with van der Waals surface area (Å²) in [6.45, 7) is 1.76. The van der Waals surface area contributed by atoms with Crippen molar-refractivity contribution in [2.24, 2.45) is 0 Å². The fourth-order valence-corrected chi connectivity index (χ4v) is 4.12. The average molecular weight is 308 g/mol. The van der Waals surface area contributed by atoms with E-state index in [1.54, 1.807) is 18.3 Å². The fraction of sp³-hybridized carbons (Fsp3) is 0.429. The van der Waals surface area contributed by atoms with Gasteiger partial charge in [0.25, 0.3) is 0 Å². The molecular weight excluding hydrogens is 292 g/mol. The van der Waals surface area contributed by atoms with E-state index >= 15 is 0 Å². The Labute approximate surface area is 125 Å². The highest BCUT2D eigenvalue weighted by molar-refractivity contribution is 8.01. The van der Waals surface area contributed by atoms with Crippen molar-refractivity contribution in [3.63, 3.8) is 0 Å². The highest BCUT2D eigenvalue weighted by Gasteiger charge is 2.38. The monoisotopic (exact) mass is 308 g/mol. The van der Waals surface area contributed by atoms with Crippen LogP contribution in [0.4, 0.5) is 0 Å². The molecule has 0 amide bonds. The molecule has 20 heavy (non-hydrogen) atoms. The zero-order valence-corrected chi connectivity index (χ0v) is 12.8. The van der Waals surface area contributed by atoms with Crippen molar-refractivity contribution in [1.82, 2.24) is 10.3 Å². The molecule has 6 heteroatoms. The van der Waals surface area contributed by atoms with Crippen LogP contribution in [0.25, 0.3) is 10.2 Å². The van der Waals surface area contributed by atoms with Gasteiger partial charge in [0.2, 0.25) is 0 Å². The number of rotatable bonds is 6. The number of fused-ring (bicyclic) bond motifs is 1. The smallest absolute Gasteiger partial charge is 0.324 e. The summed E-state index contributed by atoms with van der Waals surface area (Å²) in [6, 6.07) is 8.34. The number of thioether (sulfide) groups is 1. The average Bonchev–Trinajstić information content (AvgIpc) is 3.12. The lowest BCUT2D eigenvalue weighted by Crippen LogP contribution is -2.52. The molecule has 1 aromatic heterocycles. The highest BCUT2D eigenvalue weighted by atomic mass is 32.2. The molecule has 0 aliphatic heterocycles. The Morgan fingerprint density at radius 3 is 2.95 bits per heavy atom. The molecule has 1 aliphatic carbocycles. The van der Waals surface area contributed by atoms with Gasteiger partial charge in [-0.2, -0.15) is 0 Å². The van der Waals surface area contributed by atoms with E-state index in [1.165, 1.54) is 11.8 Å². The van der Waals surface area contributed by atoms with Crippen LogP contribution in [0.2, 0.25) is 0 Å². The minimum atomic E-state index is -0.885. The second-order valence-corrected chi connectivity index (χ2v) is 7.55. The second-order valence-electron chi connectivity index (χ2n) is 5.29. The Bertz CT molecular complexity index is 606. The van der Waals surface area contributed by atoms with Crippen molar-refractivity contribution in [2.45, 2.75) is 35.7 Å². The maximum atomic E-state index is 11.5. The predicted octanol–water partition coefficient (Wildman–Crippen LogP) is 2.98. The lowest BCUT2D eigenvalue weighted by molar-refractivity contribution is -0.143.